The topological polar surface area (TPSA) is 48.0 Å². The number of ketones is 1. The molecule has 2 N–H and O–H groups in total. The zero-order chi connectivity index (χ0) is 15.1. The van der Waals surface area contributed by atoms with Crippen LogP contribution >= 0.6 is 23.2 Å². The van der Waals surface area contributed by atoms with E-state index in [2.05, 4.69) is 0 Å². The summed E-state index contributed by atoms with van der Waals surface area (Å²) in [7, 11) is 1.87. The van der Waals surface area contributed by atoms with Crippen molar-refractivity contribution >= 4 is 45.6 Å². The van der Waals surface area contributed by atoms with Crippen LogP contribution < -0.4 is 5.73 Å². The third-order valence-corrected chi connectivity index (χ3v) is 4.06. The molecule has 1 heterocycles. The van der Waals surface area contributed by atoms with E-state index in [1.54, 1.807) is 30.5 Å². The Kier molecular flexibility index (Phi) is 3.40. The molecular formula is C16H12Cl2N2O. The van der Waals surface area contributed by atoms with Crippen molar-refractivity contribution in [2.75, 3.05) is 5.73 Å². The fourth-order valence-corrected chi connectivity index (χ4v) is 2.76. The van der Waals surface area contributed by atoms with E-state index in [0.717, 1.165) is 10.9 Å². The van der Waals surface area contributed by atoms with Gasteiger partial charge in [0.15, 0.2) is 5.78 Å². The lowest BCUT2D eigenvalue weighted by molar-refractivity contribution is 0.104. The first-order chi connectivity index (χ1) is 9.99. The first-order valence-corrected chi connectivity index (χ1v) is 7.08. The molecule has 0 aliphatic rings. The SMILES string of the molecule is Cn1cc(C(=O)c2cccc(Cl)c2N)c2ccc(Cl)cc21. The quantitative estimate of drug-likeness (QED) is 0.565. The average molecular weight is 319 g/mol. The minimum Gasteiger partial charge on any atom is -0.397 e. The van der Waals surface area contributed by atoms with E-state index in [1.165, 1.54) is 0 Å². The van der Waals surface area contributed by atoms with Crippen LogP contribution in [0.4, 0.5) is 5.69 Å². The van der Waals surface area contributed by atoms with Crippen molar-refractivity contribution in [1.82, 2.24) is 4.57 Å². The Bertz CT molecular complexity index is 868. The maximum Gasteiger partial charge on any atom is 0.197 e. The highest BCUT2D eigenvalue weighted by Crippen LogP contribution is 2.29. The van der Waals surface area contributed by atoms with E-state index in [4.69, 9.17) is 28.9 Å². The number of benzene rings is 2. The maximum absolute atomic E-state index is 12.7. The highest BCUT2D eigenvalue weighted by Gasteiger charge is 2.18. The van der Waals surface area contributed by atoms with Crippen molar-refractivity contribution in [3.8, 4) is 0 Å². The predicted octanol–water partition coefficient (Wildman–Crippen LogP) is 4.30. The highest BCUT2D eigenvalue weighted by molar-refractivity contribution is 6.34. The molecule has 3 nitrogen and oxygen atoms in total. The summed E-state index contributed by atoms with van der Waals surface area (Å²) in [5.41, 5.74) is 8.10. The van der Waals surface area contributed by atoms with Gasteiger partial charge in [0.2, 0.25) is 0 Å². The number of nitrogens with two attached hydrogens (primary N) is 1. The number of fused-ring (bicyclic) bond motifs is 1. The van der Waals surface area contributed by atoms with Crippen LogP contribution in [-0.4, -0.2) is 10.4 Å². The van der Waals surface area contributed by atoms with Crippen LogP contribution in [-0.2, 0) is 7.05 Å². The van der Waals surface area contributed by atoms with Crippen molar-refractivity contribution < 1.29 is 4.79 Å². The van der Waals surface area contributed by atoms with Gasteiger partial charge >= 0.3 is 0 Å². The summed E-state index contributed by atoms with van der Waals surface area (Å²) in [6.07, 6.45) is 1.78. The van der Waals surface area contributed by atoms with Gasteiger partial charge in [0.05, 0.1) is 10.7 Å². The molecule has 3 rings (SSSR count). The van der Waals surface area contributed by atoms with Crippen molar-refractivity contribution in [1.29, 1.82) is 0 Å². The lowest BCUT2D eigenvalue weighted by Crippen LogP contribution is -2.05. The van der Waals surface area contributed by atoms with E-state index >= 15 is 0 Å². The van der Waals surface area contributed by atoms with Crippen LogP contribution in [0.15, 0.2) is 42.6 Å². The van der Waals surface area contributed by atoms with E-state index in [9.17, 15) is 4.79 Å². The molecule has 0 amide bonds. The molecule has 106 valence electrons. The van der Waals surface area contributed by atoms with Gasteiger partial charge in [0, 0.05) is 40.3 Å². The molecule has 0 spiro atoms. The van der Waals surface area contributed by atoms with Crippen LogP contribution in [0, 0.1) is 0 Å². The first kappa shape index (κ1) is 14.0. The number of hydrogen-bond donors (Lipinski definition) is 1. The van der Waals surface area contributed by atoms with Crippen LogP contribution in [0.5, 0.6) is 0 Å². The smallest absolute Gasteiger partial charge is 0.197 e. The largest absolute Gasteiger partial charge is 0.397 e. The molecule has 3 aromatic rings. The Labute approximate surface area is 131 Å². The van der Waals surface area contributed by atoms with Gasteiger partial charge in [-0.25, -0.2) is 0 Å². The molecule has 0 aliphatic carbocycles. The van der Waals surface area contributed by atoms with Crippen LogP contribution in [0.2, 0.25) is 10.0 Å². The summed E-state index contributed by atoms with van der Waals surface area (Å²) < 4.78 is 1.87. The number of carbonyl (C=O) groups is 1. The summed E-state index contributed by atoms with van der Waals surface area (Å²) in [6.45, 7) is 0. The average Bonchev–Trinajstić information content (AvgIpc) is 2.78. The number of halogens is 2. The lowest BCUT2D eigenvalue weighted by atomic mass is 10.0. The van der Waals surface area contributed by atoms with Gasteiger partial charge in [-0.15, -0.1) is 0 Å². The van der Waals surface area contributed by atoms with Crippen molar-refractivity contribution in [3.05, 3.63) is 63.8 Å². The van der Waals surface area contributed by atoms with Gasteiger partial charge in [0.1, 0.15) is 0 Å². The highest BCUT2D eigenvalue weighted by atomic mass is 35.5. The number of anilines is 1. The monoisotopic (exact) mass is 318 g/mol. The van der Waals surface area contributed by atoms with Gasteiger partial charge < -0.3 is 10.3 Å². The van der Waals surface area contributed by atoms with Crippen LogP contribution in [0.25, 0.3) is 10.9 Å². The van der Waals surface area contributed by atoms with Gasteiger partial charge in [-0.2, -0.15) is 0 Å². The molecule has 0 radical (unpaired) electrons. The van der Waals surface area contributed by atoms with Crippen molar-refractivity contribution in [2.24, 2.45) is 7.05 Å². The van der Waals surface area contributed by atoms with Crippen molar-refractivity contribution in [2.45, 2.75) is 0 Å². The number of para-hydroxylation sites is 1. The van der Waals surface area contributed by atoms with Gasteiger partial charge in [-0.3, -0.25) is 4.79 Å². The number of aryl methyl sites for hydroxylation is 1. The number of rotatable bonds is 2. The minimum absolute atomic E-state index is 0.150. The zero-order valence-corrected chi connectivity index (χ0v) is 12.7. The molecule has 0 aliphatic heterocycles. The fraction of sp³-hybridized carbons (Fsp3) is 0.0625. The van der Waals surface area contributed by atoms with Crippen molar-refractivity contribution in [3.63, 3.8) is 0 Å². The number of aromatic nitrogens is 1. The number of nitrogen functional groups attached to an aromatic ring is 1. The zero-order valence-electron chi connectivity index (χ0n) is 11.2. The maximum atomic E-state index is 12.7. The Morgan fingerprint density at radius 1 is 1.14 bits per heavy atom. The second kappa shape index (κ2) is 5.10. The Morgan fingerprint density at radius 2 is 1.90 bits per heavy atom. The molecular weight excluding hydrogens is 307 g/mol. The van der Waals surface area contributed by atoms with Gasteiger partial charge in [0.25, 0.3) is 0 Å². The minimum atomic E-state index is -0.150. The van der Waals surface area contributed by atoms with Gasteiger partial charge in [-0.1, -0.05) is 35.3 Å². The molecule has 0 unspecified atom stereocenters. The van der Waals surface area contributed by atoms with E-state index < -0.39 is 0 Å². The summed E-state index contributed by atoms with van der Waals surface area (Å²) in [5.74, 6) is -0.150. The van der Waals surface area contributed by atoms with E-state index in [0.29, 0.717) is 26.9 Å². The summed E-state index contributed by atoms with van der Waals surface area (Å²) in [4.78, 5) is 12.7. The first-order valence-electron chi connectivity index (χ1n) is 6.32. The van der Waals surface area contributed by atoms with Gasteiger partial charge in [-0.05, 0) is 24.3 Å². The summed E-state index contributed by atoms with van der Waals surface area (Å²) in [6, 6.07) is 10.5. The standard InChI is InChI=1S/C16H12Cl2N2O/c1-20-8-12(10-6-5-9(17)7-14(10)20)16(21)11-3-2-4-13(18)15(11)19/h2-8H,19H2,1H3. The normalized spacial score (nSPS) is 11.0. The molecule has 0 atom stereocenters. The van der Waals surface area contributed by atoms with E-state index in [-0.39, 0.29) is 5.78 Å². The Balaban J connectivity index is 2.21. The number of carbonyl (C=O) groups excluding carboxylic acids is 1. The summed E-state index contributed by atoms with van der Waals surface area (Å²) in [5, 5.41) is 1.85. The Morgan fingerprint density at radius 3 is 2.67 bits per heavy atom. The number of nitrogens with zero attached hydrogens (tertiary/aromatic N) is 1. The van der Waals surface area contributed by atoms with E-state index in [1.807, 2.05) is 23.7 Å². The molecule has 0 saturated heterocycles. The second-order valence-electron chi connectivity index (χ2n) is 4.85. The number of hydrogen-bond acceptors (Lipinski definition) is 2. The lowest BCUT2D eigenvalue weighted by Gasteiger charge is -2.05. The molecule has 2 aromatic carbocycles. The predicted molar refractivity (Wildman–Crippen MR) is 87.2 cm³/mol. The molecule has 0 fully saturated rings. The molecule has 0 saturated carbocycles. The molecule has 5 heteroatoms. The second-order valence-corrected chi connectivity index (χ2v) is 5.69. The van der Waals surface area contributed by atoms with Crippen LogP contribution in [0.1, 0.15) is 15.9 Å². The third-order valence-electron chi connectivity index (χ3n) is 3.49. The van der Waals surface area contributed by atoms with Crippen LogP contribution in [0.3, 0.4) is 0 Å². The summed E-state index contributed by atoms with van der Waals surface area (Å²) >= 11 is 12.0. The Hall–Kier alpha value is -1.97. The fourth-order valence-electron chi connectivity index (χ4n) is 2.42. The molecule has 0 bridgehead atoms. The molecule has 1 aromatic heterocycles. The third kappa shape index (κ3) is 2.28. The molecule has 21 heavy (non-hydrogen) atoms.